The largest absolute Gasteiger partial charge is 0.343 e. The zero-order valence-corrected chi connectivity index (χ0v) is 19.9. The molecule has 1 N–H and O–H groups in total. The Morgan fingerprint density at radius 3 is 2.38 bits per heavy atom. The van der Waals surface area contributed by atoms with Crippen molar-refractivity contribution in [3.63, 3.8) is 0 Å². The van der Waals surface area contributed by atoms with E-state index in [0.717, 1.165) is 44.1 Å². The van der Waals surface area contributed by atoms with Crippen LogP contribution in [0.1, 0.15) is 86.8 Å². The fourth-order valence-corrected chi connectivity index (χ4v) is 5.23. The third kappa shape index (κ3) is 5.72. The van der Waals surface area contributed by atoms with Crippen molar-refractivity contribution in [2.75, 3.05) is 13.1 Å². The molecule has 4 rings (SSSR count). The first-order chi connectivity index (χ1) is 16.5. The van der Waals surface area contributed by atoms with Crippen LogP contribution in [0.25, 0.3) is 0 Å². The number of benzene rings is 1. The van der Waals surface area contributed by atoms with Crippen LogP contribution < -0.4 is 5.32 Å². The number of piperidine rings is 1. The molecule has 34 heavy (non-hydrogen) atoms. The van der Waals surface area contributed by atoms with E-state index in [9.17, 15) is 14.4 Å². The molecule has 2 aliphatic rings. The summed E-state index contributed by atoms with van der Waals surface area (Å²) in [5, 5.41) is 7.27. The van der Waals surface area contributed by atoms with Gasteiger partial charge in [0.05, 0.1) is 0 Å². The molecular weight excluding hydrogens is 432 g/mol. The second-order valence-electron chi connectivity index (χ2n) is 9.57. The van der Waals surface area contributed by atoms with E-state index < -0.39 is 5.54 Å². The minimum absolute atomic E-state index is 0.0329. The Morgan fingerprint density at radius 1 is 1.06 bits per heavy atom. The number of rotatable bonds is 7. The molecule has 1 aromatic heterocycles. The predicted octanol–water partition coefficient (Wildman–Crippen LogP) is 3.81. The average molecular weight is 467 g/mol. The number of aromatic nitrogens is 2. The van der Waals surface area contributed by atoms with E-state index >= 15 is 0 Å². The van der Waals surface area contributed by atoms with Crippen LogP contribution in [0.4, 0.5) is 0 Å². The first-order valence-electron chi connectivity index (χ1n) is 12.5. The van der Waals surface area contributed by atoms with Crippen LogP contribution >= 0.6 is 0 Å². The maximum atomic E-state index is 12.8. The molecule has 2 aromatic rings. The van der Waals surface area contributed by atoms with Crippen LogP contribution in [0.15, 0.2) is 34.9 Å². The molecule has 2 amide bonds. The van der Waals surface area contributed by atoms with Crippen LogP contribution in [-0.2, 0) is 21.5 Å². The van der Waals surface area contributed by atoms with E-state index in [1.165, 1.54) is 6.92 Å². The summed E-state index contributed by atoms with van der Waals surface area (Å²) in [4.78, 5) is 43.7. The van der Waals surface area contributed by atoms with Gasteiger partial charge in [-0.2, -0.15) is 4.98 Å². The summed E-state index contributed by atoms with van der Waals surface area (Å²) < 4.78 is 5.47. The second kappa shape index (κ2) is 10.9. The molecule has 0 bridgehead atoms. The fourth-order valence-electron chi connectivity index (χ4n) is 5.23. The maximum Gasteiger partial charge on any atom is 0.227 e. The van der Waals surface area contributed by atoms with Crippen LogP contribution in [-0.4, -0.2) is 45.7 Å². The van der Waals surface area contributed by atoms with E-state index in [-0.39, 0.29) is 29.9 Å². The minimum atomic E-state index is -0.582. The number of ketones is 1. The van der Waals surface area contributed by atoms with E-state index in [0.29, 0.717) is 44.1 Å². The summed E-state index contributed by atoms with van der Waals surface area (Å²) in [6, 6.07) is 9.36. The second-order valence-corrected chi connectivity index (χ2v) is 9.57. The normalized spacial score (nSPS) is 18.8. The first kappa shape index (κ1) is 24.1. The number of nitrogens with zero attached hydrogens (tertiary/aromatic N) is 3. The van der Waals surface area contributed by atoms with Crippen LogP contribution in [0.5, 0.6) is 0 Å². The highest BCUT2D eigenvalue weighted by atomic mass is 16.5. The van der Waals surface area contributed by atoms with Gasteiger partial charge in [0.25, 0.3) is 0 Å². The molecule has 1 saturated heterocycles. The summed E-state index contributed by atoms with van der Waals surface area (Å²) in [5.41, 5.74) is 0.159. The monoisotopic (exact) mass is 466 g/mol. The lowest BCUT2D eigenvalue weighted by molar-refractivity contribution is -0.132. The molecule has 182 valence electrons. The number of likely N-dealkylation sites (tertiary alicyclic amines) is 1. The Bertz CT molecular complexity index is 987. The number of hydrogen-bond donors (Lipinski definition) is 1. The molecule has 2 heterocycles. The SMILES string of the molecule is CC(=O)NC1(c2noc(CCC(=O)N3CCC(C(=O)c4ccccc4)CC3)n2)CCCCCC1. The van der Waals surface area contributed by atoms with Gasteiger partial charge in [0.2, 0.25) is 17.7 Å². The zero-order valence-electron chi connectivity index (χ0n) is 19.9. The first-order valence-corrected chi connectivity index (χ1v) is 12.5. The Kier molecular flexibility index (Phi) is 7.75. The zero-order chi connectivity index (χ0) is 24.0. The lowest BCUT2D eigenvalue weighted by Crippen LogP contribution is -2.45. The van der Waals surface area contributed by atoms with Gasteiger partial charge >= 0.3 is 0 Å². The van der Waals surface area contributed by atoms with Crippen molar-refractivity contribution < 1.29 is 18.9 Å². The number of carbonyl (C=O) groups excluding carboxylic acids is 3. The smallest absolute Gasteiger partial charge is 0.227 e. The lowest BCUT2D eigenvalue weighted by atomic mass is 9.89. The molecule has 0 radical (unpaired) electrons. The number of amides is 2. The summed E-state index contributed by atoms with van der Waals surface area (Å²) in [6.07, 6.45) is 7.88. The standard InChI is InChI=1S/C26H34N4O4/c1-19(31)28-26(15-7-2-3-8-16-26)25-27-22(34-29-25)11-12-23(32)30-17-13-21(14-18-30)24(33)20-9-5-4-6-10-20/h4-6,9-10,21H,2-3,7-8,11-18H2,1H3,(H,28,31). The number of nitrogens with one attached hydrogen (secondary N) is 1. The van der Waals surface area contributed by atoms with Gasteiger partial charge < -0.3 is 14.7 Å². The Labute approximate surface area is 200 Å². The summed E-state index contributed by atoms with van der Waals surface area (Å²) in [5.74, 6) is 1.01. The van der Waals surface area contributed by atoms with E-state index in [1.807, 2.05) is 35.2 Å². The molecule has 1 aliphatic carbocycles. The number of Topliss-reactive ketones (excluding diaryl/α,β-unsaturated/α-hetero) is 1. The van der Waals surface area contributed by atoms with Gasteiger partial charge in [0.15, 0.2) is 11.6 Å². The van der Waals surface area contributed by atoms with E-state index in [1.54, 1.807) is 0 Å². The molecule has 1 aromatic carbocycles. The Hall–Kier alpha value is -3.03. The minimum Gasteiger partial charge on any atom is -0.343 e. The van der Waals surface area contributed by atoms with E-state index in [4.69, 9.17) is 4.52 Å². The number of aryl methyl sites for hydroxylation is 1. The third-order valence-electron chi connectivity index (χ3n) is 7.10. The van der Waals surface area contributed by atoms with Gasteiger partial charge in [-0.1, -0.05) is 61.2 Å². The quantitative estimate of drug-likeness (QED) is 0.491. The molecule has 0 unspecified atom stereocenters. The number of hydrogen-bond acceptors (Lipinski definition) is 6. The predicted molar refractivity (Wildman–Crippen MR) is 126 cm³/mol. The van der Waals surface area contributed by atoms with Gasteiger partial charge in [-0.3, -0.25) is 14.4 Å². The van der Waals surface area contributed by atoms with Gasteiger partial charge in [0.1, 0.15) is 5.54 Å². The molecule has 0 spiro atoms. The third-order valence-corrected chi connectivity index (χ3v) is 7.10. The van der Waals surface area contributed by atoms with Crippen molar-refractivity contribution >= 4 is 17.6 Å². The maximum absolute atomic E-state index is 12.8. The highest BCUT2D eigenvalue weighted by Crippen LogP contribution is 2.34. The molecular formula is C26H34N4O4. The van der Waals surface area contributed by atoms with E-state index in [2.05, 4.69) is 15.5 Å². The average Bonchev–Trinajstić information content (AvgIpc) is 3.22. The van der Waals surface area contributed by atoms with Gasteiger partial charge in [0, 0.05) is 44.3 Å². The fraction of sp³-hybridized carbons (Fsp3) is 0.577. The molecule has 8 heteroatoms. The van der Waals surface area contributed by atoms with Crippen LogP contribution in [0.3, 0.4) is 0 Å². The van der Waals surface area contributed by atoms with Gasteiger partial charge in [-0.15, -0.1) is 0 Å². The molecule has 0 atom stereocenters. The Balaban J connectivity index is 1.30. The van der Waals surface area contributed by atoms with Crippen molar-refractivity contribution in [3.8, 4) is 0 Å². The molecule has 1 aliphatic heterocycles. The van der Waals surface area contributed by atoms with Crippen LogP contribution in [0, 0.1) is 5.92 Å². The van der Waals surface area contributed by atoms with Crippen LogP contribution in [0.2, 0.25) is 0 Å². The summed E-state index contributed by atoms with van der Waals surface area (Å²) in [6.45, 7) is 2.69. The summed E-state index contributed by atoms with van der Waals surface area (Å²) >= 11 is 0. The lowest BCUT2D eigenvalue weighted by Gasteiger charge is -2.31. The van der Waals surface area contributed by atoms with Crippen molar-refractivity contribution in [1.82, 2.24) is 20.4 Å². The highest BCUT2D eigenvalue weighted by Gasteiger charge is 2.38. The molecule has 1 saturated carbocycles. The Morgan fingerprint density at radius 2 is 1.74 bits per heavy atom. The van der Waals surface area contributed by atoms with Crippen molar-refractivity contribution in [2.45, 2.75) is 76.7 Å². The van der Waals surface area contributed by atoms with Crippen molar-refractivity contribution in [1.29, 1.82) is 0 Å². The van der Waals surface area contributed by atoms with Crippen molar-refractivity contribution in [3.05, 3.63) is 47.6 Å². The number of carbonyl (C=O) groups is 3. The molecule has 2 fully saturated rings. The highest BCUT2D eigenvalue weighted by molar-refractivity contribution is 5.98. The molecule has 8 nitrogen and oxygen atoms in total. The topological polar surface area (TPSA) is 105 Å². The van der Waals surface area contributed by atoms with Crippen molar-refractivity contribution in [2.24, 2.45) is 5.92 Å². The summed E-state index contributed by atoms with van der Waals surface area (Å²) in [7, 11) is 0. The van der Waals surface area contributed by atoms with Gasteiger partial charge in [-0.05, 0) is 25.7 Å². The van der Waals surface area contributed by atoms with Gasteiger partial charge in [-0.25, -0.2) is 0 Å².